The minimum atomic E-state index is 1.05. The van der Waals surface area contributed by atoms with Crippen molar-refractivity contribution in [3.8, 4) is 0 Å². The number of unbranched alkanes of at least 4 members (excludes halogenated alkanes) is 12. The summed E-state index contributed by atoms with van der Waals surface area (Å²) in [5.41, 5.74) is 0. The Kier molecular flexibility index (Phi) is 18.2. The van der Waals surface area contributed by atoms with Gasteiger partial charge in [-0.25, -0.2) is 0 Å². The molecule has 0 bridgehead atoms. The van der Waals surface area contributed by atoms with E-state index in [9.17, 15) is 0 Å². The van der Waals surface area contributed by atoms with Gasteiger partial charge in [0, 0.05) is 26.1 Å². The Bertz CT molecular complexity index is 428. The van der Waals surface area contributed by atoms with E-state index in [2.05, 4.69) is 43.0 Å². The van der Waals surface area contributed by atoms with Crippen molar-refractivity contribution in [1.29, 1.82) is 0 Å². The summed E-state index contributed by atoms with van der Waals surface area (Å²) in [7, 11) is 4.33. The van der Waals surface area contributed by atoms with Crippen LogP contribution in [0.25, 0.3) is 0 Å². The molecule has 0 N–H and O–H groups in total. The Hall–Kier alpha value is -0.830. The van der Waals surface area contributed by atoms with Crippen LogP contribution in [0.3, 0.4) is 0 Å². The van der Waals surface area contributed by atoms with Crippen LogP contribution in [0.2, 0.25) is 0 Å². The summed E-state index contributed by atoms with van der Waals surface area (Å²) in [4.78, 5) is 9.68. The minimum absolute atomic E-state index is 1.05. The highest BCUT2D eigenvalue weighted by molar-refractivity contribution is 5.82. The molecule has 1 rings (SSSR count). The van der Waals surface area contributed by atoms with Gasteiger partial charge in [0.15, 0.2) is 0 Å². The molecule has 0 spiro atoms. The Morgan fingerprint density at radius 3 is 2.03 bits per heavy atom. The highest BCUT2D eigenvalue weighted by Gasteiger charge is 2.14. The zero-order valence-corrected chi connectivity index (χ0v) is 20.8. The van der Waals surface area contributed by atoms with Crippen LogP contribution in [-0.2, 0) is 0 Å². The molecule has 0 atom stereocenters. The number of aliphatic imine (C=N–C) groups is 1. The van der Waals surface area contributed by atoms with E-state index in [1.54, 1.807) is 0 Å². The first kappa shape index (κ1) is 27.2. The van der Waals surface area contributed by atoms with Crippen molar-refractivity contribution in [2.24, 2.45) is 4.99 Å². The third kappa shape index (κ3) is 15.9. The number of nitrogens with zero attached hydrogens (tertiary/aromatic N) is 3. The standard InChI is InChI=1S/C27H53N3/c1-4-5-6-7-8-9-10-11-12-13-14-15-16-17-18-19-22-27-28-23-20-25-30(27)26-21-24-29(2)3/h11-12H,4-10,13-26H2,1-3H3/b12-11-. The van der Waals surface area contributed by atoms with Gasteiger partial charge in [-0.2, -0.15) is 0 Å². The SMILES string of the molecule is CCCCCCCC/C=C\CCCCCCCCC1=NCCCN1CCCN(C)C. The second kappa shape index (κ2) is 20.1. The van der Waals surface area contributed by atoms with Crippen LogP contribution in [0.15, 0.2) is 17.1 Å². The largest absolute Gasteiger partial charge is 0.360 e. The first-order valence-electron chi connectivity index (χ1n) is 13.3. The second-order valence-electron chi connectivity index (χ2n) is 9.48. The molecule has 0 aromatic heterocycles. The van der Waals surface area contributed by atoms with Crippen LogP contribution in [0.5, 0.6) is 0 Å². The van der Waals surface area contributed by atoms with Crippen molar-refractivity contribution in [1.82, 2.24) is 9.80 Å². The van der Waals surface area contributed by atoms with Gasteiger partial charge in [0.2, 0.25) is 0 Å². The van der Waals surface area contributed by atoms with Gasteiger partial charge in [-0.1, -0.05) is 76.9 Å². The van der Waals surface area contributed by atoms with E-state index < -0.39 is 0 Å². The number of amidine groups is 1. The van der Waals surface area contributed by atoms with E-state index in [0.29, 0.717) is 0 Å². The molecule has 1 aliphatic heterocycles. The number of allylic oxidation sites excluding steroid dienone is 2. The summed E-state index contributed by atoms with van der Waals surface area (Å²) in [6.07, 6.45) is 27.8. The Labute approximate surface area is 189 Å². The molecule has 0 aromatic rings. The molecule has 1 heterocycles. The van der Waals surface area contributed by atoms with Crippen LogP contribution in [0.1, 0.15) is 116 Å². The van der Waals surface area contributed by atoms with Gasteiger partial charge in [-0.15, -0.1) is 0 Å². The number of rotatable bonds is 20. The lowest BCUT2D eigenvalue weighted by molar-refractivity contribution is 0.333. The zero-order chi connectivity index (χ0) is 21.7. The fourth-order valence-corrected chi connectivity index (χ4v) is 4.29. The van der Waals surface area contributed by atoms with Gasteiger partial charge in [0.25, 0.3) is 0 Å². The average molecular weight is 420 g/mol. The summed E-state index contributed by atoms with van der Waals surface area (Å²) in [6, 6.07) is 0. The molecule has 3 nitrogen and oxygen atoms in total. The predicted octanol–water partition coefficient (Wildman–Crippen LogP) is 7.47. The Morgan fingerprint density at radius 2 is 1.40 bits per heavy atom. The molecule has 0 unspecified atom stereocenters. The van der Waals surface area contributed by atoms with Gasteiger partial charge in [0.1, 0.15) is 0 Å². The quantitative estimate of drug-likeness (QED) is 0.150. The fraction of sp³-hybridized carbons (Fsp3) is 0.889. The van der Waals surface area contributed by atoms with Gasteiger partial charge >= 0.3 is 0 Å². The molecule has 0 aliphatic carbocycles. The van der Waals surface area contributed by atoms with Gasteiger partial charge in [-0.3, -0.25) is 4.99 Å². The Morgan fingerprint density at radius 1 is 0.800 bits per heavy atom. The van der Waals surface area contributed by atoms with Gasteiger partial charge in [-0.05, 0) is 65.6 Å². The van der Waals surface area contributed by atoms with Crippen molar-refractivity contribution < 1.29 is 0 Å². The summed E-state index contributed by atoms with van der Waals surface area (Å²) >= 11 is 0. The molecule has 0 saturated heterocycles. The first-order chi connectivity index (χ1) is 14.7. The molecule has 1 aliphatic rings. The molecular formula is C27H53N3. The van der Waals surface area contributed by atoms with E-state index in [1.807, 2.05) is 0 Å². The minimum Gasteiger partial charge on any atom is -0.360 e. The van der Waals surface area contributed by atoms with Gasteiger partial charge < -0.3 is 9.80 Å². The third-order valence-corrected chi connectivity index (χ3v) is 6.19. The molecule has 0 radical (unpaired) electrons. The highest BCUT2D eigenvalue weighted by atomic mass is 15.2. The average Bonchev–Trinajstić information content (AvgIpc) is 2.74. The summed E-state index contributed by atoms with van der Waals surface area (Å²) in [5, 5.41) is 0. The maximum atomic E-state index is 4.84. The molecular weight excluding hydrogens is 366 g/mol. The molecule has 0 fully saturated rings. The second-order valence-corrected chi connectivity index (χ2v) is 9.48. The van der Waals surface area contributed by atoms with E-state index in [1.165, 1.54) is 135 Å². The molecule has 30 heavy (non-hydrogen) atoms. The van der Waals surface area contributed by atoms with Crippen molar-refractivity contribution in [3.05, 3.63) is 12.2 Å². The van der Waals surface area contributed by atoms with Crippen LogP contribution >= 0.6 is 0 Å². The van der Waals surface area contributed by atoms with Crippen LogP contribution < -0.4 is 0 Å². The summed E-state index contributed by atoms with van der Waals surface area (Å²) < 4.78 is 0. The van der Waals surface area contributed by atoms with Crippen molar-refractivity contribution in [2.75, 3.05) is 40.3 Å². The van der Waals surface area contributed by atoms with E-state index in [-0.39, 0.29) is 0 Å². The lowest BCUT2D eigenvalue weighted by Gasteiger charge is -2.30. The maximum absolute atomic E-state index is 4.84. The topological polar surface area (TPSA) is 18.8 Å². The highest BCUT2D eigenvalue weighted by Crippen LogP contribution is 2.14. The van der Waals surface area contributed by atoms with Crippen LogP contribution in [0.4, 0.5) is 0 Å². The normalized spacial score (nSPS) is 14.8. The first-order valence-corrected chi connectivity index (χ1v) is 13.3. The van der Waals surface area contributed by atoms with Crippen LogP contribution in [-0.4, -0.2) is 55.9 Å². The molecule has 3 heteroatoms. The number of hydrogen-bond donors (Lipinski definition) is 0. The molecule has 0 amide bonds. The van der Waals surface area contributed by atoms with E-state index >= 15 is 0 Å². The summed E-state index contributed by atoms with van der Waals surface area (Å²) in [5.74, 6) is 1.40. The molecule has 0 saturated carbocycles. The molecule has 176 valence electrons. The Balaban J connectivity index is 1.91. The van der Waals surface area contributed by atoms with E-state index in [0.717, 1.165) is 6.54 Å². The van der Waals surface area contributed by atoms with Gasteiger partial charge in [0.05, 0.1) is 5.84 Å². The monoisotopic (exact) mass is 419 g/mol. The van der Waals surface area contributed by atoms with E-state index in [4.69, 9.17) is 4.99 Å². The van der Waals surface area contributed by atoms with Crippen molar-refractivity contribution >= 4 is 5.84 Å². The third-order valence-electron chi connectivity index (χ3n) is 6.19. The zero-order valence-electron chi connectivity index (χ0n) is 20.8. The lowest BCUT2D eigenvalue weighted by atomic mass is 10.1. The summed E-state index contributed by atoms with van der Waals surface area (Å²) in [6.45, 7) is 6.92. The van der Waals surface area contributed by atoms with Crippen molar-refractivity contribution in [2.45, 2.75) is 116 Å². The number of hydrogen-bond acceptors (Lipinski definition) is 3. The van der Waals surface area contributed by atoms with Crippen LogP contribution in [0, 0.1) is 0 Å². The predicted molar refractivity (Wildman–Crippen MR) is 136 cm³/mol. The molecule has 0 aromatic carbocycles. The fourth-order valence-electron chi connectivity index (χ4n) is 4.29. The smallest absolute Gasteiger partial charge is 0.0988 e. The maximum Gasteiger partial charge on any atom is 0.0988 e. The van der Waals surface area contributed by atoms with Crippen molar-refractivity contribution in [3.63, 3.8) is 0 Å². The lowest BCUT2D eigenvalue weighted by Crippen LogP contribution is -2.37.